The highest BCUT2D eigenvalue weighted by Gasteiger charge is 2.52. The van der Waals surface area contributed by atoms with Gasteiger partial charge in [-0.25, -0.2) is 0 Å². The van der Waals surface area contributed by atoms with Crippen molar-refractivity contribution in [3.63, 3.8) is 0 Å². The summed E-state index contributed by atoms with van der Waals surface area (Å²) in [7, 11) is 3.47. The number of methoxy groups -OCH3 is 1. The van der Waals surface area contributed by atoms with Crippen LogP contribution in [0.5, 0.6) is 0 Å². The number of aliphatic hydroxyl groups excluding tert-OH is 1. The summed E-state index contributed by atoms with van der Waals surface area (Å²) >= 11 is 0. The van der Waals surface area contributed by atoms with Crippen molar-refractivity contribution in [2.75, 3.05) is 58.5 Å². The molecule has 4 heterocycles. The molecule has 3 fully saturated rings. The molecule has 2 aliphatic heterocycles. The molecule has 0 spiro atoms. The van der Waals surface area contributed by atoms with Crippen LogP contribution < -0.4 is 10.4 Å². The molecule has 47 heavy (non-hydrogen) atoms. The third-order valence-corrected chi connectivity index (χ3v) is 11.1. The molecule has 9 nitrogen and oxygen atoms in total. The molecule has 0 unspecified atom stereocenters. The van der Waals surface area contributed by atoms with Crippen molar-refractivity contribution in [3.05, 3.63) is 41.7 Å². The Hall–Kier alpha value is -2.47. The van der Waals surface area contributed by atoms with E-state index in [1.165, 1.54) is 5.56 Å². The van der Waals surface area contributed by atoms with Gasteiger partial charge in [0.25, 0.3) is 0 Å². The predicted molar refractivity (Wildman–Crippen MR) is 190 cm³/mol. The average molecular weight is 647 g/mol. The van der Waals surface area contributed by atoms with Gasteiger partial charge in [0.1, 0.15) is 0 Å². The van der Waals surface area contributed by atoms with E-state index in [1.807, 2.05) is 6.20 Å². The number of ether oxygens (including phenoxy) is 2. The molecule has 1 aliphatic carbocycles. The second-order valence-electron chi connectivity index (χ2n) is 15.4. The Labute approximate surface area is 281 Å². The molecule has 256 valence electrons. The molecule has 3 aromatic rings. The van der Waals surface area contributed by atoms with Gasteiger partial charge in [0.05, 0.1) is 53.3 Å². The minimum absolute atomic E-state index is 0.113. The lowest BCUT2D eigenvalue weighted by molar-refractivity contribution is 0.00578. The third kappa shape index (κ3) is 6.74. The molecule has 0 bridgehead atoms. The van der Waals surface area contributed by atoms with Crippen LogP contribution in [0, 0.1) is 5.41 Å². The van der Waals surface area contributed by atoms with Crippen LogP contribution >= 0.6 is 0 Å². The van der Waals surface area contributed by atoms with Gasteiger partial charge in [0.15, 0.2) is 0 Å². The molecular weight excluding hydrogens is 591 g/mol. The van der Waals surface area contributed by atoms with Crippen LogP contribution in [-0.4, -0.2) is 97.5 Å². The van der Waals surface area contributed by atoms with E-state index in [4.69, 9.17) is 23.8 Å². The van der Waals surface area contributed by atoms with Crippen molar-refractivity contribution < 1.29 is 23.9 Å². The lowest BCUT2D eigenvalue weighted by Gasteiger charge is -2.34. The number of nitrogens with zero attached hydrogens (tertiary/aromatic N) is 4. The standard InChI is InChI=1S/C37H55BN4O5/c1-25(2)45-19-18-42-32-11-10-27(38-46-35(4,5)36(6,7)47-38)20-29(32)31(22-37(24-43)12-13-37)34(42)30-21-28(23-39-33(30)26(3)44-9)41-16-14-40(8)15-17-41/h10-11,20-21,23,25-26,43H,12-19,22,24H2,1-9H3/t26-/m0/s1. The van der Waals surface area contributed by atoms with Gasteiger partial charge in [-0.3, -0.25) is 4.98 Å². The zero-order chi connectivity index (χ0) is 33.7. The summed E-state index contributed by atoms with van der Waals surface area (Å²) < 4.78 is 27.5. The summed E-state index contributed by atoms with van der Waals surface area (Å²) in [5.74, 6) is 0. The average Bonchev–Trinajstić information content (AvgIpc) is 3.70. The zero-order valence-corrected chi connectivity index (χ0v) is 30.1. The summed E-state index contributed by atoms with van der Waals surface area (Å²) in [6.07, 6.45) is 4.75. The molecule has 0 radical (unpaired) electrons. The number of pyridine rings is 1. The van der Waals surface area contributed by atoms with Crippen molar-refractivity contribution in [3.8, 4) is 11.3 Å². The quantitative estimate of drug-likeness (QED) is 0.269. The number of rotatable bonds is 12. The van der Waals surface area contributed by atoms with E-state index in [-0.39, 0.29) is 24.2 Å². The monoisotopic (exact) mass is 646 g/mol. The maximum atomic E-state index is 10.6. The minimum Gasteiger partial charge on any atom is -0.399 e. The van der Waals surface area contributed by atoms with Gasteiger partial charge in [0, 0.05) is 62.9 Å². The van der Waals surface area contributed by atoms with Gasteiger partial charge in [-0.1, -0.05) is 12.1 Å². The van der Waals surface area contributed by atoms with E-state index >= 15 is 0 Å². The summed E-state index contributed by atoms with van der Waals surface area (Å²) in [6.45, 7) is 20.0. The van der Waals surface area contributed by atoms with Gasteiger partial charge >= 0.3 is 7.12 Å². The number of hydrogen-bond acceptors (Lipinski definition) is 8. The smallest absolute Gasteiger partial charge is 0.399 e. The Kier molecular flexibility index (Phi) is 9.59. The van der Waals surface area contributed by atoms with Gasteiger partial charge in [0.2, 0.25) is 0 Å². The number of aliphatic hydroxyl groups is 1. The lowest BCUT2D eigenvalue weighted by atomic mass is 9.78. The summed E-state index contributed by atoms with van der Waals surface area (Å²) in [5.41, 5.74) is 6.66. The summed E-state index contributed by atoms with van der Waals surface area (Å²) in [4.78, 5) is 9.93. The lowest BCUT2D eigenvalue weighted by Crippen LogP contribution is -2.44. The van der Waals surface area contributed by atoms with E-state index in [0.29, 0.717) is 13.2 Å². The minimum atomic E-state index is -0.465. The fourth-order valence-electron chi connectivity index (χ4n) is 6.94. The molecule has 6 rings (SSSR count). The van der Waals surface area contributed by atoms with Crippen LogP contribution in [0.2, 0.25) is 0 Å². The number of aromatic nitrogens is 2. The van der Waals surface area contributed by atoms with E-state index in [9.17, 15) is 5.11 Å². The summed E-state index contributed by atoms with van der Waals surface area (Å²) in [6, 6.07) is 8.96. The van der Waals surface area contributed by atoms with Crippen LogP contribution in [0.25, 0.3) is 22.2 Å². The first kappa shape index (κ1) is 34.4. The van der Waals surface area contributed by atoms with Gasteiger partial charge in [-0.2, -0.15) is 0 Å². The number of likely N-dealkylation sites (N-methyl/N-ethyl adjacent to an activating group) is 1. The van der Waals surface area contributed by atoms with Gasteiger partial charge < -0.3 is 38.3 Å². The van der Waals surface area contributed by atoms with Gasteiger partial charge in [-0.05, 0) is 103 Å². The van der Waals surface area contributed by atoms with Crippen molar-refractivity contribution in [2.24, 2.45) is 5.41 Å². The van der Waals surface area contributed by atoms with E-state index < -0.39 is 18.3 Å². The first-order chi connectivity index (χ1) is 22.3. The Morgan fingerprint density at radius 2 is 1.68 bits per heavy atom. The number of benzene rings is 1. The Balaban J connectivity index is 1.57. The maximum Gasteiger partial charge on any atom is 0.494 e. The predicted octanol–water partition coefficient (Wildman–Crippen LogP) is 5.20. The molecular formula is C37H55BN4O5. The van der Waals surface area contributed by atoms with Crippen LogP contribution in [0.3, 0.4) is 0 Å². The normalized spacial score (nSPS) is 21.3. The first-order valence-corrected chi connectivity index (χ1v) is 17.5. The Bertz CT molecular complexity index is 1560. The van der Waals surface area contributed by atoms with Crippen molar-refractivity contribution in [1.82, 2.24) is 14.5 Å². The van der Waals surface area contributed by atoms with Crippen molar-refractivity contribution in [2.45, 2.75) is 97.7 Å². The van der Waals surface area contributed by atoms with E-state index in [1.54, 1.807) is 7.11 Å². The van der Waals surface area contributed by atoms with Crippen LogP contribution in [0.4, 0.5) is 5.69 Å². The van der Waals surface area contributed by atoms with Crippen LogP contribution in [0.1, 0.15) is 78.7 Å². The SMILES string of the molecule is CO[C@@H](C)c1ncc(N2CCN(C)CC2)cc1-c1c(CC2(CO)CC2)c2cc(B3OC(C)(C)C(C)(C)O3)ccc2n1CCOC(C)C. The largest absolute Gasteiger partial charge is 0.494 e. The van der Waals surface area contributed by atoms with Gasteiger partial charge in [-0.15, -0.1) is 0 Å². The highest BCUT2D eigenvalue weighted by Crippen LogP contribution is 2.51. The molecule has 2 saturated heterocycles. The fourth-order valence-corrected chi connectivity index (χ4v) is 6.94. The third-order valence-electron chi connectivity index (χ3n) is 11.1. The Morgan fingerprint density at radius 1 is 1.00 bits per heavy atom. The van der Waals surface area contributed by atoms with Crippen LogP contribution in [-0.2, 0) is 31.7 Å². The molecule has 1 aromatic carbocycles. The fraction of sp³-hybridized carbons (Fsp3) is 0.649. The highest BCUT2D eigenvalue weighted by atomic mass is 16.7. The van der Waals surface area contributed by atoms with Crippen molar-refractivity contribution in [1.29, 1.82) is 0 Å². The number of hydrogen-bond donors (Lipinski definition) is 1. The topological polar surface area (TPSA) is 81.5 Å². The zero-order valence-electron chi connectivity index (χ0n) is 30.1. The second-order valence-corrected chi connectivity index (χ2v) is 15.4. The maximum absolute atomic E-state index is 10.6. The second kappa shape index (κ2) is 13.1. The first-order valence-electron chi connectivity index (χ1n) is 17.5. The highest BCUT2D eigenvalue weighted by molar-refractivity contribution is 6.62. The molecule has 1 atom stereocenters. The van der Waals surface area contributed by atoms with Crippen LogP contribution in [0.15, 0.2) is 30.5 Å². The molecule has 1 N–H and O–H groups in total. The van der Waals surface area contributed by atoms with E-state index in [0.717, 1.165) is 84.4 Å². The summed E-state index contributed by atoms with van der Waals surface area (Å²) in [5, 5.41) is 11.8. The number of fused-ring (bicyclic) bond motifs is 1. The number of piperazine rings is 1. The Morgan fingerprint density at radius 3 is 2.28 bits per heavy atom. The van der Waals surface area contributed by atoms with Crippen molar-refractivity contribution >= 4 is 29.2 Å². The molecule has 0 amide bonds. The van der Waals surface area contributed by atoms with E-state index in [2.05, 4.69) is 94.1 Å². The number of anilines is 1. The molecule has 1 saturated carbocycles. The molecule has 2 aromatic heterocycles. The molecule has 10 heteroatoms. The molecule has 3 aliphatic rings.